The molecule has 0 heterocycles. The average molecular weight is 254 g/mol. The van der Waals surface area contributed by atoms with E-state index in [4.69, 9.17) is 5.11 Å². The molecule has 2 N–H and O–H groups in total. The number of likely N-dealkylation sites (N-methyl/N-ethyl adjacent to an activating group) is 1. The van der Waals surface area contributed by atoms with E-state index >= 15 is 0 Å². The Morgan fingerprint density at radius 1 is 1.50 bits per heavy atom. The van der Waals surface area contributed by atoms with Gasteiger partial charge in [-0.2, -0.15) is 0 Å². The van der Waals surface area contributed by atoms with Crippen LogP contribution in [0.2, 0.25) is 0 Å². The molecule has 4 nitrogen and oxygen atoms in total. The van der Waals surface area contributed by atoms with Gasteiger partial charge in [0.1, 0.15) is 5.82 Å². The standard InChI is InChI=1S/C13H19FN2O2/c1-2-16(8-9-17)13(18)15-7-6-11-4-3-5-12(14)10-11/h3-5,10,17H,2,6-9H2,1H3,(H,15,18). The summed E-state index contributed by atoms with van der Waals surface area (Å²) in [4.78, 5) is 13.2. The van der Waals surface area contributed by atoms with Crippen molar-refractivity contribution in [3.8, 4) is 0 Å². The summed E-state index contributed by atoms with van der Waals surface area (Å²) in [6.07, 6.45) is 0.584. The van der Waals surface area contributed by atoms with Crippen LogP contribution in [0.25, 0.3) is 0 Å². The molecule has 2 amide bonds. The van der Waals surface area contributed by atoms with Gasteiger partial charge < -0.3 is 15.3 Å². The molecule has 0 spiro atoms. The van der Waals surface area contributed by atoms with Gasteiger partial charge in [-0.05, 0) is 31.0 Å². The van der Waals surface area contributed by atoms with Crippen molar-refractivity contribution in [1.29, 1.82) is 0 Å². The Hall–Kier alpha value is -1.62. The zero-order valence-electron chi connectivity index (χ0n) is 10.5. The number of nitrogens with one attached hydrogen (secondary N) is 1. The predicted octanol–water partition coefficient (Wildman–Crippen LogP) is 1.39. The van der Waals surface area contributed by atoms with Crippen LogP contribution in [0.4, 0.5) is 9.18 Å². The number of urea groups is 1. The summed E-state index contributed by atoms with van der Waals surface area (Å²) in [5.74, 6) is -0.269. The van der Waals surface area contributed by atoms with Crippen molar-refractivity contribution in [1.82, 2.24) is 10.2 Å². The van der Waals surface area contributed by atoms with Crippen LogP contribution in [0, 0.1) is 5.82 Å². The number of nitrogens with zero attached hydrogens (tertiary/aromatic N) is 1. The van der Waals surface area contributed by atoms with Gasteiger partial charge in [-0.25, -0.2) is 9.18 Å². The van der Waals surface area contributed by atoms with E-state index in [1.165, 1.54) is 17.0 Å². The Kier molecular flexibility index (Phi) is 6.14. The van der Waals surface area contributed by atoms with E-state index in [1.54, 1.807) is 6.07 Å². The van der Waals surface area contributed by atoms with Gasteiger partial charge in [0.05, 0.1) is 6.61 Å². The number of halogens is 1. The lowest BCUT2D eigenvalue weighted by atomic mass is 10.1. The first-order valence-corrected chi connectivity index (χ1v) is 6.05. The van der Waals surface area contributed by atoms with Gasteiger partial charge in [-0.15, -0.1) is 0 Å². The average Bonchev–Trinajstić information content (AvgIpc) is 2.36. The van der Waals surface area contributed by atoms with Crippen LogP contribution in [0.5, 0.6) is 0 Å². The SMILES string of the molecule is CCN(CCO)C(=O)NCCc1cccc(F)c1. The fourth-order valence-electron chi connectivity index (χ4n) is 1.64. The molecule has 18 heavy (non-hydrogen) atoms. The number of amides is 2. The van der Waals surface area contributed by atoms with E-state index in [0.717, 1.165) is 5.56 Å². The molecule has 0 atom stereocenters. The van der Waals surface area contributed by atoms with E-state index in [0.29, 0.717) is 26.1 Å². The molecule has 1 aromatic carbocycles. The van der Waals surface area contributed by atoms with Crippen molar-refractivity contribution < 1.29 is 14.3 Å². The topological polar surface area (TPSA) is 52.6 Å². The summed E-state index contributed by atoms with van der Waals surface area (Å²) in [6, 6.07) is 6.11. The van der Waals surface area contributed by atoms with Gasteiger partial charge in [-0.1, -0.05) is 12.1 Å². The van der Waals surface area contributed by atoms with Crippen LogP contribution in [-0.4, -0.2) is 42.3 Å². The third-order valence-electron chi connectivity index (χ3n) is 2.62. The molecule has 5 heteroatoms. The summed E-state index contributed by atoms with van der Waals surface area (Å²) in [5, 5.41) is 11.5. The second-order valence-electron chi connectivity index (χ2n) is 3.92. The maximum absolute atomic E-state index is 12.9. The minimum Gasteiger partial charge on any atom is -0.395 e. The van der Waals surface area contributed by atoms with Gasteiger partial charge in [0.2, 0.25) is 0 Å². The number of aliphatic hydroxyl groups is 1. The van der Waals surface area contributed by atoms with Crippen molar-refractivity contribution in [3.63, 3.8) is 0 Å². The van der Waals surface area contributed by atoms with Crippen molar-refractivity contribution in [3.05, 3.63) is 35.6 Å². The van der Waals surface area contributed by atoms with Crippen LogP contribution >= 0.6 is 0 Å². The first kappa shape index (κ1) is 14.4. The van der Waals surface area contributed by atoms with Crippen molar-refractivity contribution in [2.45, 2.75) is 13.3 Å². The Morgan fingerprint density at radius 3 is 2.89 bits per heavy atom. The molecule has 1 aromatic rings. The number of benzene rings is 1. The molecule has 0 bridgehead atoms. The second-order valence-corrected chi connectivity index (χ2v) is 3.92. The number of carbonyl (C=O) groups excluding carboxylic acids is 1. The smallest absolute Gasteiger partial charge is 0.317 e. The van der Waals surface area contributed by atoms with Gasteiger partial charge in [-0.3, -0.25) is 0 Å². The lowest BCUT2D eigenvalue weighted by molar-refractivity contribution is 0.180. The lowest BCUT2D eigenvalue weighted by Gasteiger charge is -2.20. The third-order valence-corrected chi connectivity index (χ3v) is 2.62. The van der Waals surface area contributed by atoms with Crippen molar-refractivity contribution >= 4 is 6.03 Å². The number of hydrogen-bond donors (Lipinski definition) is 2. The molecule has 100 valence electrons. The van der Waals surface area contributed by atoms with Crippen LogP contribution in [-0.2, 0) is 6.42 Å². The monoisotopic (exact) mass is 254 g/mol. The normalized spacial score (nSPS) is 10.2. The summed E-state index contributed by atoms with van der Waals surface area (Å²) in [6.45, 7) is 3.12. The van der Waals surface area contributed by atoms with E-state index in [1.807, 2.05) is 13.0 Å². The van der Waals surface area contributed by atoms with Crippen molar-refractivity contribution in [2.75, 3.05) is 26.2 Å². The molecule has 0 unspecified atom stereocenters. The van der Waals surface area contributed by atoms with Crippen LogP contribution in [0.15, 0.2) is 24.3 Å². The first-order valence-electron chi connectivity index (χ1n) is 6.05. The predicted molar refractivity (Wildman–Crippen MR) is 67.8 cm³/mol. The number of rotatable bonds is 6. The Balaban J connectivity index is 2.35. The second kappa shape index (κ2) is 7.66. The van der Waals surface area contributed by atoms with Gasteiger partial charge in [0.25, 0.3) is 0 Å². The Morgan fingerprint density at radius 2 is 2.28 bits per heavy atom. The maximum Gasteiger partial charge on any atom is 0.317 e. The van der Waals surface area contributed by atoms with E-state index < -0.39 is 0 Å². The Bertz CT molecular complexity index is 385. The minimum atomic E-state index is -0.269. The molecule has 0 aliphatic heterocycles. The summed E-state index contributed by atoms with van der Waals surface area (Å²) in [7, 11) is 0. The largest absolute Gasteiger partial charge is 0.395 e. The molecule has 0 fully saturated rings. The minimum absolute atomic E-state index is 0.0504. The molecule has 0 saturated heterocycles. The quantitative estimate of drug-likeness (QED) is 0.806. The maximum atomic E-state index is 12.9. The molecule has 0 aliphatic rings. The lowest BCUT2D eigenvalue weighted by Crippen LogP contribution is -2.42. The third kappa shape index (κ3) is 4.71. The zero-order valence-corrected chi connectivity index (χ0v) is 10.5. The molecule has 0 aliphatic carbocycles. The van der Waals surface area contributed by atoms with Crippen molar-refractivity contribution in [2.24, 2.45) is 0 Å². The summed E-state index contributed by atoms with van der Waals surface area (Å²) >= 11 is 0. The van der Waals surface area contributed by atoms with Gasteiger partial charge in [0, 0.05) is 19.6 Å². The molecule has 0 aromatic heterocycles. The highest BCUT2D eigenvalue weighted by atomic mass is 19.1. The highest BCUT2D eigenvalue weighted by Crippen LogP contribution is 2.03. The highest BCUT2D eigenvalue weighted by molar-refractivity contribution is 5.74. The number of hydrogen-bond acceptors (Lipinski definition) is 2. The first-order chi connectivity index (χ1) is 8.67. The van der Waals surface area contributed by atoms with E-state index in [9.17, 15) is 9.18 Å². The Labute approximate surface area is 106 Å². The van der Waals surface area contributed by atoms with Crippen LogP contribution in [0.1, 0.15) is 12.5 Å². The molecule has 1 rings (SSSR count). The highest BCUT2D eigenvalue weighted by Gasteiger charge is 2.09. The van der Waals surface area contributed by atoms with E-state index in [-0.39, 0.29) is 18.5 Å². The number of carbonyl (C=O) groups is 1. The molecular weight excluding hydrogens is 235 g/mol. The zero-order chi connectivity index (χ0) is 13.4. The van der Waals surface area contributed by atoms with Gasteiger partial charge >= 0.3 is 6.03 Å². The summed E-state index contributed by atoms with van der Waals surface area (Å²) in [5.41, 5.74) is 0.848. The molecule has 0 radical (unpaired) electrons. The van der Waals surface area contributed by atoms with E-state index in [2.05, 4.69) is 5.32 Å². The van der Waals surface area contributed by atoms with Gasteiger partial charge in [0.15, 0.2) is 0 Å². The summed E-state index contributed by atoms with van der Waals surface area (Å²) < 4.78 is 12.9. The molecular formula is C13H19FN2O2. The van der Waals surface area contributed by atoms with Crippen LogP contribution < -0.4 is 5.32 Å². The van der Waals surface area contributed by atoms with Crippen LogP contribution in [0.3, 0.4) is 0 Å². The fourth-order valence-corrected chi connectivity index (χ4v) is 1.64. The number of aliphatic hydroxyl groups excluding tert-OH is 1. The fraction of sp³-hybridized carbons (Fsp3) is 0.462. The molecule has 0 saturated carbocycles.